The van der Waals surface area contributed by atoms with Crippen molar-refractivity contribution < 1.29 is 4.74 Å². The Balaban J connectivity index is 1.94. The van der Waals surface area contributed by atoms with Gasteiger partial charge in [0.2, 0.25) is 5.88 Å². The van der Waals surface area contributed by atoms with Crippen molar-refractivity contribution in [2.75, 3.05) is 13.7 Å². The number of rotatable bonds is 2. The summed E-state index contributed by atoms with van der Waals surface area (Å²) in [4.78, 5) is 9.47. The van der Waals surface area contributed by atoms with E-state index in [1.165, 1.54) is 37.8 Å². The number of nitrogens with zero attached hydrogens (tertiary/aromatic N) is 2. The number of aromatic nitrogens is 2. The first-order valence-corrected chi connectivity index (χ1v) is 7.03. The number of ether oxygens (including phenoxy) is 1. The molecule has 98 valence electrons. The number of fused-ring (bicyclic) bond motifs is 1. The fourth-order valence-electron chi connectivity index (χ4n) is 3.04. The molecule has 4 heteroatoms. The smallest absolute Gasteiger partial charge is 0.221 e. The molecule has 1 fully saturated rings. The Labute approximate surface area is 108 Å². The third-order valence-corrected chi connectivity index (χ3v) is 4.08. The van der Waals surface area contributed by atoms with Crippen LogP contribution in [0.3, 0.4) is 0 Å². The molecule has 0 radical (unpaired) electrons. The predicted molar refractivity (Wildman–Crippen MR) is 69.8 cm³/mol. The zero-order chi connectivity index (χ0) is 12.4. The molecule has 18 heavy (non-hydrogen) atoms. The normalized spacial score (nSPS) is 20.5. The van der Waals surface area contributed by atoms with E-state index < -0.39 is 0 Å². The molecule has 1 saturated carbocycles. The van der Waals surface area contributed by atoms with Crippen molar-refractivity contribution in [1.82, 2.24) is 15.3 Å². The van der Waals surface area contributed by atoms with Crippen molar-refractivity contribution in [3.05, 3.63) is 17.1 Å². The third-order valence-electron chi connectivity index (χ3n) is 4.08. The maximum absolute atomic E-state index is 5.45. The number of nitrogens with one attached hydrogen (secondary N) is 1. The molecule has 4 nitrogen and oxygen atoms in total. The lowest BCUT2D eigenvalue weighted by molar-refractivity contribution is 0.371. The lowest BCUT2D eigenvalue weighted by Gasteiger charge is -2.24. The molecule has 1 aromatic heterocycles. The van der Waals surface area contributed by atoms with E-state index in [0.717, 1.165) is 36.8 Å². The van der Waals surface area contributed by atoms with Gasteiger partial charge in [0.1, 0.15) is 5.82 Å². The third kappa shape index (κ3) is 2.21. The maximum atomic E-state index is 5.45. The van der Waals surface area contributed by atoms with Gasteiger partial charge in [-0.2, -0.15) is 4.98 Å². The van der Waals surface area contributed by atoms with E-state index >= 15 is 0 Å². The number of hydrogen-bond donors (Lipinski definition) is 1. The average Bonchev–Trinajstić information content (AvgIpc) is 2.47. The number of hydrogen-bond acceptors (Lipinski definition) is 4. The maximum Gasteiger partial charge on any atom is 0.221 e. The molecule has 2 heterocycles. The SMILES string of the molecule is COc1nc(C2CCCCC2)nc2c1CNCC2. The Morgan fingerprint density at radius 2 is 2.00 bits per heavy atom. The van der Waals surface area contributed by atoms with Crippen molar-refractivity contribution in [3.63, 3.8) is 0 Å². The molecule has 0 saturated heterocycles. The summed E-state index contributed by atoms with van der Waals surface area (Å²) >= 11 is 0. The minimum absolute atomic E-state index is 0.549. The van der Waals surface area contributed by atoms with Crippen molar-refractivity contribution in [1.29, 1.82) is 0 Å². The van der Waals surface area contributed by atoms with E-state index in [2.05, 4.69) is 10.3 Å². The molecular formula is C14H21N3O. The minimum Gasteiger partial charge on any atom is -0.481 e. The van der Waals surface area contributed by atoms with Crippen molar-refractivity contribution in [2.24, 2.45) is 0 Å². The fraction of sp³-hybridized carbons (Fsp3) is 0.714. The van der Waals surface area contributed by atoms with Gasteiger partial charge in [0.05, 0.1) is 12.8 Å². The van der Waals surface area contributed by atoms with Crippen LogP contribution in [-0.2, 0) is 13.0 Å². The zero-order valence-corrected chi connectivity index (χ0v) is 11.0. The monoisotopic (exact) mass is 247 g/mol. The van der Waals surface area contributed by atoms with E-state index in [0.29, 0.717) is 5.92 Å². The van der Waals surface area contributed by atoms with Gasteiger partial charge in [0.15, 0.2) is 0 Å². The van der Waals surface area contributed by atoms with E-state index in [4.69, 9.17) is 9.72 Å². The second kappa shape index (κ2) is 5.22. The quantitative estimate of drug-likeness (QED) is 0.870. The molecule has 0 unspecified atom stereocenters. The molecule has 0 spiro atoms. The van der Waals surface area contributed by atoms with E-state index in [1.807, 2.05) is 0 Å². The molecule has 1 aliphatic heterocycles. The van der Waals surface area contributed by atoms with Gasteiger partial charge in [-0.05, 0) is 12.8 Å². The second-order valence-electron chi connectivity index (χ2n) is 5.28. The standard InChI is InChI=1S/C14H21N3O/c1-18-14-11-9-15-8-7-12(11)16-13(17-14)10-5-3-2-4-6-10/h10,15H,2-9H2,1H3. The van der Waals surface area contributed by atoms with Gasteiger partial charge in [-0.1, -0.05) is 19.3 Å². The van der Waals surface area contributed by atoms with Gasteiger partial charge in [-0.3, -0.25) is 0 Å². The average molecular weight is 247 g/mol. The van der Waals surface area contributed by atoms with Crippen molar-refractivity contribution in [2.45, 2.75) is 51.0 Å². The molecular weight excluding hydrogens is 226 g/mol. The Hall–Kier alpha value is -1.16. The van der Waals surface area contributed by atoms with Crippen LogP contribution in [-0.4, -0.2) is 23.6 Å². The van der Waals surface area contributed by atoms with Crippen LogP contribution in [0.25, 0.3) is 0 Å². The minimum atomic E-state index is 0.549. The molecule has 0 bridgehead atoms. The summed E-state index contributed by atoms with van der Waals surface area (Å²) in [5.41, 5.74) is 2.35. The Kier molecular flexibility index (Phi) is 3.46. The van der Waals surface area contributed by atoms with Crippen molar-refractivity contribution in [3.8, 4) is 5.88 Å². The topological polar surface area (TPSA) is 47.0 Å². The first kappa shape index (κ1) is 11.9. The van der Waals surface area contributed by atoms with Gasteiger partial charge < -0.3 is 10.1 Å². The zero-order valence-electron chi connectivity index (χ0n) is 11.0. The lowest BCUT2D eigenvalue weighted by atomic mass is 9.88. The van der Waals surface area contributed by atoms with E-state index in [-0.39, 0.29) is 0 Å². The summed E-state index contributed by atoms with van der Waals surface area (Å²) in [6, 6.07) is 0. The van der Waals surface area contributed by atoms with Crippen LogP contribution in [0.5, 0.6) is 5.88 Å². The fourth-order valence-corrected chi connectivity index (χ4v) is 3.04. The summed E-state index contributed by atoms with van der Waals surface area (Å²) in [6.45, 7) is 1.85. The van der Waals surface area contributed by atoms with Gasteiger partial charge in [0.25, 0.3) is 0 Å². The van der Waals surface area contributed by atoms with Crippen LogP contribution >= 0.6 is 0 Å². The predicted octanol–water partition coefficient (Wildman–Crippen LogP) is 2.18. The molecule has 3 rings (SSSR count). The van der Waals surface area contributed by atoms with E-state index in [1.54, 1.807) is 7.11 Å². The molecule has 1 aromatic rings. The van der Waals surface area contributed by atoms with Crippen LogP contribution in [0.1, 0.15) is 55.1 Å². The van der Waals surface area contributed by atoms with Gasteiger partial charge in [0, 0.05) is 31.0 Å². The molecule has 0 aromatic carbocycles. The molecule has 0 atom stereocenters. The largest absolute Gasteiger partial charge is 0.481 e. The molecule has 1 aliphatic carbocycles. The highest BCUT2D eigenvalue weighted by Gasteiger charge is 2.23. The van der Waals surface area contributed by atoms with Crippen molar-refractivity contribution >= 4 is 0 Å². The van der Waals surface area contributed by atoms with Gasteiger partial charge >= 0.3 is 0 Å². The molecule has 2 aliphatic rings. The van der Waals surface area contributed by atoms with Crippen LogP contribution in [0.15, 0.2) is 0 Å². The van der Waals surface area contributed by atoms with Crippen LogP contribution < -0.4 is 10.1 Å². The Morgan fingerprint density at radius 3 is 2.78 bits per heavy atom. The van der Waals surface area contributed by atoms with Crippen LogP contribution in [0.4, 0.5) is 0 Å². The second-order valence-corrected chi connectivity index (χ2v) is 5.28. The van der Waals surface area contributed by atoms with Crippen LogP contribution in [0, 0.1) is 0 Å². The number of methoxy groups -OCH3 is 1. The van der Waals surface area contributed by atoms with Gasteiger partial charge in [-0.25, -0.2) is 4.98 Å². The first-order valence-electron chi connectivity index (χ1n) is 7.03. The van der Waals surface area contributed by atoms with Crippen LogP contribution in [0.2, 0.25) is 0 Å². The Morgan fingerprint density at radius 1 is 1.17 bits per heavy atom. The first-order chi connectivity index (χ1) is 8.88. The lowest BCUT2D eigenvalue weighted by Crippen LogP contribution is -2.26. The summed E-state index contributed by atoms with van der Waals surface area (Å²) in [7, 11) is 1.71. The summed E-state index contributed by atoms with van der Waals surface area (Å²) in [5, 5.41) is 3.35. The highest BCUT2D eigenvalue weighted by Crippen LogP contribution is 2.33. The highest BCUT2D eigenvalue weighted by atomic mass is 16.5. The summed E-state index contributed by atoms with van der Waals surface area (Å²) < 4.78 is 5.45. The molecule has 0 amide bonds. The Bertz CT molecular complexity index is 410. The van der Waals surface area contributed by atoms with Gasteiger partial charge in [-0.15, -0.1) is 0 Å². The van der Waals surface area contributed by atoms with E-state index in [9.17, 15) is 0 Å². The molecule has 1 N–H and O–H groups in total. The summed E-state index contributed by atoms with van der Waals surface area (Å²) in [5.74, 6) is 2.35. The highest BCUT2D eigenvalue weighted by molar-refractivity contribution is 5.33. The summed E-state index contributed by atoms with van der Waals surface area (Å²) in [6.07, 6.45) is 7.46.